The van der Waals surface area contributed by atoms with Crippen LogP contribution in [-0.4, -0.2) is 18.0 Å². The summed E-state index contributed by atoms with van der Waals surface area (Å²) in [5.41, 5.74) is 3.38. The van der Waals surface area contributed by atoms with Crippen LogP contribution in [0, 0.1) is 6.92 Å². The molecule has 166 valence electrons. The molecule has 1 aliphatic rings. The Labute approximate surface area is 184 Å². The van der Waals surface area contributed by atoms with Crippen LogP contribution in [0.2, 0.25) is 0 Å². The minimum Gasteiger partial charge on any atom is -0.423 e. The molecule has 0 saturated carbocycles. The second-order valence-electron chi connectivity index (χ2n) is 7.88. The Kier molecular flexibility index (Phi) is 6.04. The lowest BCUT2D eigenvalue weighted by molar-refractivity contribution is -0.218. The van der Waals surface area contributed by atoms with Crippen LogP contribution in [0.3, 0.4) is 0 Å². The minimum atomic E-state index is -5.12. The maximum absolute atomic E-state index is 13.2. The number of benzene rings is 3. The number of ether oxygens (including phenoxy) is 1. The lowest BCUT2D eigenvalue weighted by Gasteiger charge is -2.31. The molecular weight excluding hydrogens is 417 g/mol. The standard InChI is InChI=1S/C25H23F3N2O2/c1-17-10-8-9-15-20(17)16-24(32-23(31)25(26,27)28)29-21(18-11-4-2-5-12-18)22(30-24)19-13-6-3-7-14-19/h2-15,21-22,29-30H,16H2,1H3. The number of nitrogens with one attached hydrogen (secondary N) is 2. The van der Waals surface area contributed by atoms with Gasteiger partial charge in [0.05, 0.1) is 12.1 Å². The third-order valence-electron chi connectivity index (χ3n) is 5.63. The van der Waals surface area contributed by atoms with Crippen molar-refractivity contribution in [2.75, 3.05) is 0 Å². The molecule has 2 unspecified atom stereocenters. The average Bonchev–Trinajstić information content (AvgIpc) is 3.15. The summed E-state index contributed by atoms with van der Waals surface area (Å²) in [5.74, 6) is -3.99. The van der Waals surface area contributed by atoms with Crippen LogP contribution in [0.1, 0.15) is 34.3 Å². The molecule has 4 rings (SSSR count). The van der Waals surface area contributed by atoms with E-state index in [1.54, 1.807) is 6.07 Å². The van der Waals surface area contributed by atoms with Crippen molar-refractivity contribution in [3.63, 3.8) is 0 Å². The van der Waals surface area contributed by atoms with Gasteiger partial charge in [-0.1, -0.05) is 84.9 Å². The molecule has 1 heterocycles. The Morgan fingerprint density at radius 2 is 1.31 bits per heavy atom. The van der Waals surface area contributed by atoms with E-state index in [0.717, 1.165) is 22.3 Å². The number of esters is 1. The lowest BCUT2D eigenvalue weighted by atomic mass is 9.95. The van der Waals surface area contributed by atoms with Crippen molar-refractivity contribution in [2.45, 2.75) is 37.5 Å². The molecule has 4 nitrogen and oxygen atoms in total. The Morgan fingerprint density at radius 3 is 1.78 bits per heavy atom. The van der Waals surface area contributed by atoms with E-state index in [1.165, 1.54) is 0 Å². The summed E-state index contributed by atoms with van der Waals surface area (Å²) in [5, 5.41) is 6.39. The van der Waals surface area contributed by atoms with Gasteiger partial charge in [-0.2, -0.15) is 13.2 Å². The molecule has 0 bridgehead atoms. The van der Waals surface area contributed by atoms with Crippen LogP contribution in [0.4, 0.5) is 13.2 Å². The first-order chi connectivity index (χ1) is 15.3. The van der Waals surface area contributed by atoms with E-state index in [1.807, 2.05) is 85.8 Å². The third-order valence-corrected chi connectivity index (χ3v) is 5.63. The maximum Gasteiger partial charge on any atom is 0.491 e. The fourth-order valence-corrected chi connectivity index (χ4v) is 4.07. The predicted molar refractivity (Wildman–Crippen MR) is 114 cm³/mol. The van der Waals surface area contributed by atoms with Gasteiger partial charge in [0.1, 0.15) is 0 Å². The summed E-state index contributed by atoms with van der Waals surface area (Å²) in [4.78, 5) is 12.0. The second kappa shape index (κ2) is 8.76. The number of aryl methyl sites for hydroxylation is 1. The fraction of sp³-hybridized carbons (Fsp3) is 0.240. The van der Waals surface area contributed by atoms with Crippen LogP contribution in [0.15, 0.2) is 84.9 Å². The summed E-state index contributed by atoms with van der Waals surface area (Å²) >= 11 is 0. The van der Waals surface area contributed by atoms with Gasteiger partial charge in [0, 0.05) is 6.42 Å². The van der Waals surface area contributed by atoms with Crippen LogP contribution >= 0.6 is 0 Å². The monoisotopic (exact) mass is 440 g/mol. The van der Waals surface area contributed by atoms with Gasteiger partial charge in [-0.15, -0.1) is 0 Å². The minimum absolute atomic E-state index is 0.0220. The van der Waals surface area contributed by atoms with Crippen molar-refractivity contribution in [3.05, 3.63) is 107 Å². The van der Waals surface area contributed by atoms with E-state index >= 15 is 0 Å². The van der Waals surface area contributed by atoms with Crippen LogP contribution in [-0.2, 0) is 16.0 Å². The van der Waals surface area contributed by atoms with Crippen molar-refractivity contribution in [1.82, 2.24) is 10.6 Å². The zero-order chi connectivity index (χ0) is 22.8. The van der Waals surface area contributed by atoms with Gasteiger partial charge in [-0.3, -0.25) is 10.6 Å². The van der Waals surface area contributed by atoms with Crippen molar-refractivity contribution in [1.29, 1.82) is 0 Å². The molecule has 3 aromatic carbocycles. The molecule has 7 heteroatoms. The second-order valence-corrected chi connectivity index (χ2v) is 7.88. The van der Waals surface area contributed by atoms with Gasteiger partial charge in [-0.25, -0.2) is 4.79 Å². The zero-order valence-electron chi connectivity index (χ0n) is 17.4. The van der Waals surface area contributed by atoms with Gasteiger partial charge in [0.25, 0.3) is 0 Å². The van der Waals surface area contributed by atoms with E-state index in [9.17, 15) is 18.0 Å². The number of alkyl halides is 3. The lowest BCUT2D eigenvalue weighted by Crippen LogP contribution is -2.56. The van der Waals surface area contributed by atoms with Gasteiger partial charge < -0.3 is 4.74 Å². The molecule has 2 atom stereocenters. The Hall–Kier alpha value is -3.16. The van der Waals surface area contributed by atoms with Crippen LogP contribution in [0.5, 0.6) is 0 Å². The van der Waals surface area contributed by atoms with Gasteiger partial charge >= 0.3 is 12.1 Å². The normalized spacial score (nSPS) is 23.1. The Balaban J connectivity index is 1.78. The Morgan fingerprint density at radius 1 is 0.844 bits per heavy atom. The SMILES string of the molecule is Cc1ccccc1CC1(OC(=O)C(F)(F)F)NC(c2ccccc2)C(c2ccccc2)N1. The zero-order valence-corrected chi connectivity index (χ0v) is 17.4. The molecule has 0 aliphatic carbocycles. The topological polar surface area (TPSA) is 50.4 Å². The summed E-state index contributed by atoms with van der Waals surface area (Å²) < 4.78 is 44.7. The quantitative estimate of drug-likeness (QED) is 0.550. The molecule has 0 amide bonds. The molecule has 1 aliphatic heterocycles. The molecule has 0 spiro atoms. The van der Waals surface area contributed by atoms with Gasteiger partial charge in [-0.05, 0) is 29.2 Å². The highest BCUT2D eigenvalue weighted by Gasteiger charge is 2.52. The highest BCUT2D eigenvalue weighted by Crippen LogP contribution is 2.39. The molecule has 2 N–H and O–H groups in total. The van der Waals surface area contributed by atoms with E-state index < -0.39 is 30.1 Å². The number of carbonyl (C=O) groups excluding carboxylic acids is 1. The summed E-state index contributed by atoms with van der Waals surface area (Å²) in [6, 6.07) is 25.2. The fourth-order valence-electron chi connectivity index (χ4n) is 4.07. The highest BCUT2D eigenvalue weighted by atomic mass is 19.4. The predicted octanol–water partition coefficient (Wildman–Crippen LogP) is 4.97. The van der Waals surface area contributed by atoms with E-state index in [-0.39, 0.29) is 6.42 Å². The number of rotatable bonds is 5. The number of hydrogen-bond acceptors (Lipinski definition) is 4. The molecular formula is C25H23F3N2O2. The number of hydrogen-bond donors (Lipinski definition) is 2. The molecule has 1 fully saturated rings. The van der Waals surface area contributed by atoms with Gasteiger partial charge in [0.15, 0.2) is 0 Å². The van der Waals surface area contributed by atoms with E-state index in [2.05, 4.69) is 10.6 Å². The van der Waals surface area contributed by atoms with Gasteiger partial charge in [0.2, 0.25) is 5.85 Å². The van der Waals surface area contributed by atoms with Crippen LogP contribution in [0.25, 0.3) is 0 Å². The summed E-state index contributed by atoms with van der Waals surface area (Å²) in [6.07, 6.45) is -5.09. The average molecular weight is 440 g/mol. The molecule has 0 aromatic heterocycles. The van der Waals surface area contributed by atoms with Crippen LogP contribution < -0.4 is 10.6 Å². The first-order valence-electron chi connectivity index (χ1n) is 10.3. The molecule has 1 saturated heterocycles. The smallest absolute Gasteiger partial charge is 0.423 e. The van der Waals surface area contributed by atoms with E-state index in [4.69, 9.17) is 4.74 Å². The largest absolute Gasteiger partial charge is 0.491 e. The first-order valence-corrected chi connectivity index (χ1v) is 10.3. The van der Waals surface area contributed by atoms with Crippen molar-refractivity contribution in [2.24, 2.45) is 0 Å². The molecule has 3 aromatic rings. The molecule has 32 heavy (non-hydrogen) atoms. The summed E-state index contributed by atoms with van der Waals surface area (Å²) in [7, 11) is 0. The highest BCUT2D eigenvalue weighted by molar-refractivity contribution is 5.76. The third kappa shape index (κ3) is 4.69. The molecule has 0 radical (unpaired) electrons. The van der Waals surface area contributed by atoms with Crippen molar-refractivity contribution in [3.8, 4) is 0 Å². The number of halogens is 3. The van der Waals surface area contributed by atoms with E-state index in [0.29, 0.717) is 0 Å². The van der Waals surface area contributed by atoms with Crippen molar-refractivity contribution < 1.29 is 22.7 Å². The van der Waals surface area contributed by atoms with Crippen molar-refractivity contribution >= 4 is 5.97 Å². The maximum atomic E-state index is 13.2. The number of carbonyl (C=O) groups is 1. The first kappa shape index (κ1) is 22.0. The summed E-state index contributed by atoms with van der Waals surface area (Å²) in [6.45, 7) is 1.87. The Bertz CT molecular complexity index is 1020.